The Morgan fingerprint density at radius 3 is 2.82 bits per heavy atom. The van der Waals surface area contributed by atoms with Crippen molar-refractivity contribution in [2.24, 2.45) is 0 Å². The molecule has 13 heteroatoms. The molecular formula is C21H20ClN5O5S2. The summed E-state index contributed by atoms with van der Waals surface area (Å²) in [6.45, 7) is -0.322. The summed E-state index contributed by atoms with van der Waals surface area (Å²) < 4.78 is 27.2. The summed E-state index contributed by atoms with van der Waals surface area (Å²) in [6, 6.07) is 7.50. The van der Waals surface area contributed by atoms with Gasteiger partial charge >= 0.3 is 5.97 Å². The van der Waals surface area contributed by atoms with Crippen molar-refractivity contribution in [2.45, 2.75) is 19.0 Å². The van der Waals surface area contributed by atoms with Crippen LogP contribution in [0.4, 0.5) is 5.82 Å². The van der Waals surface area contributed by atoms with Gasteiger partial charge in [0.1, 0.15) is 24.7 Å². The number of rotatable bonds is 8. The molecule has 3 aromatic rings. The Hall–Kier alpha value is -3.06. The number of carbonyl (C=O) groups excluding carboxylic acids is 1. The van der Waals surface area contributed by atoms with Gasteiger partial charge in [-0.2, -0.15) is 4.31 Å². The fourth-order valence-electron chi connectivity index (χ4n) is 3.75. The molecule has 1 saturated heterocycles. The number of carboxylic acid groups (broad SMARTS) is 1. The van der Waals surface area contributed by atoms with Gasteiger partial charge in [-0.3, -0.25) is 9.59 Å². The van der Waals surface area contributed by atoms with Crippen molar-refractivity contribution in [1.29, 1.82) is 0 Å². The number of anilines is 1. The molecule has 1 fully saturated rings. The largest absolute Gasteiger partial charge is 0.480 e. The van der Waals surface area contributed by atoms with E-state index in [-0.39, 0.29) is 19.5 Å². The lowest BCUT2D eigenvalue weighted by molar-refractivity contribution is -0.138. The van der Waals surface area contributed by atoms with E-state index >= 15 is 0 Å². The van der Waals surface area contributed by atoms with Gasteiger partial charge < -0.3 is 15.7 Å². The Balaban J connectivity index is 1.54. The van der Waals surface area contributed by atoms with Gasteiger partial charge in [0.25, 0.3) is 0 Å². The van der Waals surface area contributed by atoms with Crippen molar-refractivity contribution in [3.05, 3.63) is 56.8 Å². The lowest BCUT2D eigenvalue weighted by atomic mass is 10.1. The van der Waals surface area contributed by atoms with Crippen LogP contribution in [-0.4, -0.2) is 63.7 Å². The van der Waals surface area contributed by atoms with E-state index in [0.29, 0.717) is 25.9 Å². The van der Waals surface area contributed by atoms with Crippen molar-refractivity contribution < 1.29 is 23.1 Å². The Morgan fingerprint density at radius 2 is 2.12 bits per heavy atom. The number of carbonyl (C=O) groups is 2. The standard InChI is InChI=1S/C21H20ClN5O5S2/c22-18-4-2-14(33-18)6-8-34(31,32)27(11-19(28)29)17-5-7-26(21(17)30)10-13-1-3-15-16(9-13)24-12-25-20(15)23/h1-4,6,8-9,12,17H,5,7,10-11H2,(H,28,29)(H2,23,24,25)/t17-/m0/s1. The van der Waals surface area contributed by atoms with Crippen LogP contribution in [0.5, 0.6) is 0 Å². The number of benzene rings is 1. The monoisotopic (exact) mass is 521 g/mol. The molecular weight excluding hydrogens is 502 g/mol. The van der Waals surface area contributed by atoms with Crippen LogP contribution in [0.2, 0.25) is 4.34 Å². The van der Waals surface area contributed by atoms with Gasteiger partial charge in [0.15, 0.2) is 0 Å². The molecule has 3 N–H and O–H groups in total. The van der Waals surface area contributed by atoms with Crippen molar-refractivity contribution in [3.8, 4) is 0 Å². The average Bonchev–Trinajstić information content (AvgIpc) is 3.36. The quantitative estimate of drug-likeness (QED) is 0.459. The number of hydrogen-bond donors (Lipinski definition) is 2. The number of aromatic nitrogens is 2. The molecule has 1 aliphatic heterocycles. The number of sulfonamides is 1. The zero-order valence-electron chi connectivity index (χ0n) is 17.7. The molecule has 0 bridgehead atoms. The third-order valence-electron chi connectivity index (χ3n) is 5.34. The van der Waals surface area contributed by atoms with Crippen molar-refractivity contribution in [2.75, 3.05) is 18.8 Å². The number of thiophene rings is 1. The predicted molar refractivity (Wildman–Crippen MR) is 129 cm³/mol. The minimum absolute atomic E-state index is 0.173. The number of nitrogens with zero attached hydrogens (tertiary/aromatic N) is 4. The molecule has 1 aromatic carbocycles. The third kappa shape index (κ3) is 5.20. The molecule has 2 aromatic heterocycles. The van der Waals surface area contributed by atoms with Gasteiger partial charge in [-0.1, -0.05) is 17.7 Å². The number of hydrogen-bond acceptors (Lipinski definition) is 8. The number of likely N-dealkylation sites (tertiary alicyclic amines) is 1. The van der Waals surface area contributed by atoms with Crippen molar-refractivity contribution in [3.63, 3.8) is 0 Å². The maximum absolute atomic E-state index is 13.1. The van der Waals surface area contributed by atoms with Crippen LogP contribution in [0, 0.1) is 0 Å². The molecule has 0 saturated carbocycles. The number of aliphatic carboxylic acids is 1. The highest BCUT2D eigenvalue weighted by atomic mass is 35.5. The van der Waals surface area contributed by atoms with E-state index in [1.54, 1.807) is 30.3 Å². The molecule has 1 amide bonds. The first kappa shape index (κ1) is 24.1. The van der Waals surface area contributed by atoms with E-state index < -0.39 is 34.5 Å². The fourth-order valence-corrected chi connectivity index (χ4v) is 6.11. The maximum atomic E-state index is 13.1. The van der Waals surface area contributed by atoms with E-state index in [1.165, 1.54) is 28.6 Å². The highest BCUT2D eigenvalue weighted by Gasteiger charge is 2.41. The smallest absolute Gasteiger partial charge is 0.318 e. The molecule has 34 heavy (non-hydrogen) atoms. The average molecular weight is 522 g/mol. The van der Waals surface area contributed by atoms with E-state index in [2.05, 4.69) is 9.97 Å². The zero-order chi connectivity index (χ0) is 24.5. The summed E-state index contributed by atoms with van der Waals surface area (Å²) in [5, 5.41) is 10.9. The summed E-state index contributed by atoms with van der Waals surface area (Å²) >= 11 is 7.05. The Bertz CT molecular complexity index is 1390. The van der Waals surface area contributed by atoms with E-state index in [0.717, 1.165) is 15.3 Å². The van der Waals surface area contributed by atoms with Crippen LogP contribution in [-0.2, 0) is 26.2 Å². The second-order valence-electron chi connectivity index (χ2n) is 7.60. The normalized spacial score (nSPS) is 16.8. The molecule has 0 radical (unpaired) electrons. The van der Waals surface area contributed by atoms with Gasteiger partial charge in [-0.05, 0) is 42.3 Å². The first-order valence-electron chi connectivity index (χ1n) is 10.1. The van der Waals surface area contributed by atoms with Gasteiger partial charge in [0.2, 0.25) is 15.9 Å². The Morgan fingerprint density at radius 1 is 1.32 bits per heavy atom. The van der Waals surface area contributed by atoms with Gasteiger partial charge in [0, 0.05) is 28.8 Å². The number of carboxylic acids is 1. The van der Waals surface area contributed by atoms with Crippen LogP contribution in [0.1, 0.15) is 16.9 Å². The number of amides is 1. The lowest BCUT2D eigenvalue weighted by Gasteiger charge is -2.24. The van der Waals surface area contributed by atoms with Gasteiger partial charge in [-0.15, -0.1) is 11.3 Å². The number of halogens is 1. The molecule has 0 spiro atoms. The number of nitrogens with two attached hydrogens (primary N) is 1. The van der Waals surface area contributed by atoms with Crippen LogP contribution in [0.3, 0.4) is 0 Å². The van der Waals surface area contributed by atoms with Crippen molar-refractivity contribution >= 4 is 67.6 Å². The maximum Gasteiger partial charge on any atom is 0.318 e. The Labute approximate surface area is 204 Å². The second-order valence-corrected chi connectivity index (χ2v) is 11.1. The number of fused-ring (bicyclic) bond motifs is 1. The highest BCUT2D eigenvalue weighted by molar-refractivity contribution is 7.92. The van der Waals surface area contributed by atoms with Gasteiger partial charge in [-0.25, -0.2) is 18.4 Å². The highest BCUT2D eigenvalue weighted by Crippen LogP contribution is 2.26. The Kier molecular flexibility index (Phi) is 6.84. The first-order valence-corrected chi connectivity index (χ1v) is 12.8. The molecule has 1 aliphatic rings. The summed E-state index contributed by atoms with van der Waals surface area (Å²) in [4.78, 5) is 34.8. The predicted octanol–water partition coefficient (Wildman–Crippen LogP) is 2.42. The molecule has 178 valence electrons. The topological polar surface area (TPSA) is 147 Å². The van der Waals surface area contributed by atoms with Crippen LogP contribution in [0.25, 0.3) is 17.0 Å². The van der Waals surface area contributed by atoms with E-state index in [1.807, 2.05) is 0 Å². The molecule has 3 heterocycles. The summed E-state index contributed by atoms with van der Waals surface area (Å²) in [5.74, 6) is -1.46. The van der Waals surface area contributed by atoms with Crippen LogP contribution in [0.15, 0.2) is 42.1 Å². The molecule has 4 rings (SSSR count). The summed E-state index contributed by atoms with van der Waals surface area (Å²) in [7, 11) is -4.20. The molecule has 0 unspecified atom stereocenters. The van der Waals surface area contributed by atoms with Crippen molar-refractivity contribution in [1.82, 2.24) is 19.2 Å². The minimum atomic E-state index is -4.20. The summed E-state index contributed by atoms with van der Waals surface area (Å²) in [6.07, 6.45) is 2.86. The lowest BCUT2D eigenvalue weighted by Crippen LogP contribution is -2.46. The van der Waals surface area contributed by atoms with E-state index in [4.69, 9.17) is 17.3 Å². The second kappa shape index (κ2) is 9.66. The summed E-state index contributed by atoms with van der Waals surface area (Å²) in [5.41, 5.74) is 7.26. The van der Waals surface area contributed by atoms with Gasteiger partial charge in [0.05, 0.1) is 9.85 Å². The third-order valence-corrected chi connectivity index (χ3v) is 8.05. The van der Waals surface area contributed by atoms with E-state index in [9.17, 15) is 23.1 Å². The minimum Gasteiger partial charge on any atom is -0.480 e. The molecule has 1 atom stereocenters. The fraction of sp³-hybridized carbons (Fsp3) is 0.238. The molecule has 0 aliphatic carbocycles. The molecule has 10 nitrogen and oxygen atoms in total. The zero-order valence-corrected chi connectivity index (χ0v) is 20.1. The van der Waals surface area contributed by atoms with Crippen LogP contribution < -0.4 is 5.73 Å². The van der Waals surface area contributed by atoms with Crippen LogP contribution >= 0.6 is 22.9 Å². The SMILES string of the molecule is Nc1ncnc2cc(CN3CC[C@H](N(CC(=O)O)S(=O)(=O)C=Cc4ccc(Cl)s4)C3=O)ccc12. The number of nitrogen functional groups attached to an aromatic ring is 1. The first-order chi connectivity index (χ1) is 16.1.